The monoisotopic (exact) mass is 331 g/mol. The Balaban J connectivity index is 1.97. The standard InChI is InChI=1S/C16H14ClN3OS/c1-8-3-4-10(7-11(8)17)20-15(21)14-13(18)12-9(2)5-6-19-16(12)22-14/h3-7H,18H2,1-2H3,(H,20,21). The zero-order chi connectivity index (χ0) is 15.9. The number of nitrogens with zero attached hydrogens (tertiary/aromatic N) is 1. The summed E-state index contributed by atoms with van der Waals surface area (Å²) in [6, 6.07) is 7.28. The Morgan fingerprint density at radius 3 is 2.73 bits per heavy atom. The molecule has 0 spiro atoms. The van der Waals surface area contributed by atoms with Crippen LogP contribution in [-0.4, -0.2) is 10.9 Å². The van der Waals surface area contributed by atoms with Crippen molar-refractivity contribution >= 4 is 50.4 Å². The second-order valence-electron chi connectivity index (χ2n) is 5.07. The molecule has 0 aliphatic heterocycles. The molecule has 4 nitrogen and oxygen atoms in total. The number of carbonyl (C=O) groups excluding carboxylic acids is 1. The molecule has 1 aromatic carbocycles. The van der Waals surface area contributed by atoms with Crippen LogP contribution < -0.4 is 11.1 Å². The van der Waals surface area contributed by atoms with Gasteiger partial charge in [-0.2, -0.15) is 0 Å². The smallest absolute Gasteiger partial charge is 0.267 e. The number of pyridine rings is 1. The number of nitrogen functional groups attached to an aromatic ring is 1. The fourth-order valence-electron chi connectivity index (χ4n) is 2.23. The second kappa shape index (κ2) is 5.59. The third-order valence-electron chi connectivity index (χ3n) is 3.47. The van der Waals surface area contributed by atoms with Crippen LogP contribution >= 0.6 is 22.9 Å². The van der Waals surface area contributed by atoms with E-state index in [1.54, 1.807) is 12.3 Å². The molecule has 3 rings (SSSR count). The molecule has 0 unspecified atom stereocenters. The van der Waals surface area contributed by atoms with E-state index in [1.807, 2.05) is 32.0 Å². The third-order valence-corrected chi connectivity index (χ3v) is 4.99. The van der Waals surface area contributed by atoms with Crippen LogP contribution in [0.5, 0.6) is 0 Å². The first-order chi connectivity index (χ1) is 10.5. The fraction of sp³-hybridized carbons (Fsp3) is 0.125. The van der Waals surface area contributed by atoms with Crippen molar-refractivity contribution in [1.82, 2.24) is 4.98 Å². The maximum atomic E-state index is 12.5. The Hall–Kier alpha value is -2.11. The molecule has 6 heteroatoms. The molecule has 2 aromatic heterocycles. The number of anilines is 2. The van der Waals surface area contributed by atoms with Crippen LogP contribution in [0.15, 0.2) is 30.5 Å². The van der Waals surface area contributed by atoms with Crippen molar-refractivity contribution in [2.45, 2.75) is 13.8 Å². The van der Waals surface area contributed by atoms with E-state index in [-0.39, 0.29) is 5.91 Å². The number of rotatable bonds is 2. The number of benzene rings is 1. The average molecular weight is 332 g/mol. The largest absolute Gasteiger partial charge is 0.397 e. The fourth-order valence-corrected chi connectivity index (χ4v) is 3.45. The predicted octanol–water partition coefficient (Wildman–Crippen LogP) is 4.40. The second-order valence-corrected chi connectivity index (χ2v) is 6.48. The van der Waals surface area contributed by atoms with Gasteiger partial charge in [0.1, 0.15) is 9.71 Å². The summed E-state index contributed by atoms with van der Waals surface area (Å²) in [7, 11) is 0. The van der Waals surface area contributed by atoms with Gasteiger partial charge in [-0.25, -0.2) is 4.98 Å². The van der Waals surface area contributed by atoms with Crippen molar-refractivity contribution in [2.24, 2.45) is 0 Å². The highest BCUT2D eigenvalue weighted by Crippen LogP contribution is 2.34. The Morgan fingerprint density at radius 2 is 2.05 bits per heavy atom. The third kappa shape index (κ3) is 2.53. The topological polar surface area (TPSA) is 68.0 Å². The minimum atomic E-state index is -0.250. The number of thiophene rings is 1. The Kier molecular flexibility index (Phi) is 3.76. The first kappa shape index (κ1) is 14.8. The minimum absolute atomic E-state index is 0.250. The van der Waals surface area contributed by atoms with Crippen LogP contribution in [0.1, 0.15) is 20.8 Å². The SMILES string of the molecule is Cc1ccc(NC(=O)c2sc3nccc(C)c3c2N)cc1Cl. The maximum Gasteiger partial charge on any atom is 0.267 e. The number of halogens is 1. The van der Waals surface area contributed by atoms with Gasteiger partial charge in [-0.15, -0.1) is 11.3 Å². The van der Waals surface area contributed by atoms with Crippen molar-refractivity contribution in [3.63, 3.8) is 0 Å². The first-order valence-electron chi connectivity index (χ1n) is 6.68. The van der Waals surface area contributed by atoms with E-state index < -0.39 is 0 Å². The molecule has 3 N–H and O–H groups in total. The molecule has 0 atom stereocenters. The molecule has 0 saturated heterocycles. The van der Waals surface area contributed by atoms with E-state index in [0.717, 1.165) is 21.3 Å². The quantitative estimate of drug-likeness (QED) is 0.731. The summed E-state index contributed by atoms with van der Waals surface area (Å²) in [5.41, 5.74) is 9.22. The number of aryl methyl sites for hydroxylation is 2. The first-order valence-corrected chi connectivity index (χ1v) is 7.88. The van der Waals surface area contributed by atoms with Gasteiger partial charge in [0.05, 0.1) is 5.69 Å². The number of nitrogens with one attached hydrogen (secondary N) is 1. The van der Waals surface area contributed by atoms with Gasteiger partial charge in [0.2, 0.25) is 0 Å². The van der Waals surface area contributed by atoms with E-state index in [2.05, 4.69) is 10.3 Å². The van der Waals surface area contributed by atoms with E-state index in [1.165, 1.54) is 11.3 Å². The number of nitrogens with two attached hydrogens (primary N) is 1. The van der Waals surface area contributed by atoms with Crippen molar-refractivity contribution in [3.8, 4) is 0 Å². The van der Waals surface area contributed by atoms with Gasteiger partial charge in [0.25, 0.3) is 5.91 Å². The van der Waals surface area contributed by atoms with E-state index in [4.69, 9.17) is 17.3 Å². The number of aromatic nitrogens is 1. The lowest BCUT2D eigenvalue weighted by Gasteiger charge is -2.06. The zero-order valence-corrected chi connectivity index (χ0v) is 13.7. The number of carbonyl (C=O) groups is 1. The summed E-state index contributed by atoms with van der Waals surface area (Å²) in [5, 5.41) is 4.28. The summed E-state index contributed by atoms with van der Waals surface area (Å²) in [4.78, 5) is 18.0. The average Bonchev–Trinajstić information content (AvgIpc) is 2.81. The highest BCUT2D eigenvalue weighted by molar-refractivity contribution is 7.21. The molecule has 22 heavy (non-hydrogen) atoms. The molecule has 112 valence electrons. The molecule has 1 amide bonds. The lowest BCUT2D eigenvalue weighted by Crippen LogP contribution is -2.12. The summed E-state index contributed by atoms with van der Waals surface area (Å²) in [5.74, 6) is -0.250. The van der Waals surface area contributed by atoms with Crippen LogP contribution in [0.3, 0.4) is 0 Å². The zero-order valence-electron chi connectivity index (χ0n) is 12.1. The number of hydrogen-bond donors (Lipinski definition) is 2. The van der Waals surface area contributed by atoms with E-state index in [9.17, 15) is 4.79 Å². The van der Waals surface area contributed by atoms with Crippen LogP contribution in [0.25, 0.3) is 10.2 Å². The summed E-state index contributed by atoms with van der Waals surface area (Å²) >= 11 is 7.37. The molecule has 0 saturated carbocycles. The van der Waals surface area contributed by atoms with E-state index >= 15 is 0 Å². The van der Waals surface area contributed by atoms with Gasteiger partial charge in [0.15, 0.2) is 0 Å². The van der Waals surface area contributed by atoms with Gasteiger partial charge in [-0.05, 0) is 43.2 Å². The molecular formula is C16H14ClN3OS. The molecule has 0 aliphatic rings. The van der Waals surface area contributed by atoms with Crippen LogP contribution in [0, 0.1) is 13.8 Å². The maximum absolute atomic E-state index is 12.5. The number of amides is 1. The molecule has 3 aromatic rings. The molecule has 0 bridgehead atoms. The van der Waals surface area contributed by atoms with Gasteiger partial charge in [0, 0.05) is 22.3 Å². The summed E-state index contributed by atoms with van der Waals surface area (Å²) < 4.78 is 0. The predicted molar refractivity (Wildman–Crippen MR) is 92.9 cm³/mol. The normalized spacial score (nSPS) is 10.9. The van der Waals surface area contributed by atoms with Gasteiger partial charge < -0.3 is 11.1 Å². The van der Waals surface area contributed by atoms with Crippen LogP contribution in [0.2, 0.25) is 5.02 Å². The molecule has 0 fully saturated rings. The van der Waals surface area contributed by atoms with Gasteiger partial charge in [-0.1, -0.05) is 17.7 Å². The van der Waals surface area contributed by atoms with Crippen LogP contribution in [-0.2, 0) is 0 Å². The molecular weight excluding hydrogens is 318 g/mol. The Morgan fingerprint density at radius 1 is 1.27 bits per heavy atom. The van der Waals surface area contributed by atoms with Crippen molar-refractivity contribution in [3.05, 3.63) is 51.5 Å². The van der Waals surface area contributed by atoms with Crippen molar-refractivity contribution in [2.75, 3.05) is 11.1 Å². The van der Waals surface area contributed by atoms with Crippen LogP contribution in [0.4, 0.5) is 11.4 Å². The minimum Gasteiger partial charge on any atom is -0.397 e. The van der Waals surface area contributed by atoms with Gasteiger partial charge in [-0.3, -0.25) is 4.79 Å². The Labute approximate surface area is 136 Å². The number of hydrogen-bond acceptors (Lipinski definition) is 4. The molecule has 2 heterocycles. The van der Waals surface area contributed by atoms with Crippen molar-refractivity contribution in [1.29, 1.82) is 0 Å². The highest BCUT2D eigenvalue weighted by atomic mass is 35.5. The number of fused-ring (bicyclic) bond motifs is 1. The lowest BCUT2D eigenvalue weighted by atomic mass is 10.1. The van der Waals surface area contributed by atoms with E-state index in [0.29, 0.717) is 21.3 Å². The highest BCUT2D eigenvalue weighted by Gasteiger charge is 2.18. The Bertz CT molecular complexity index is 888. The van der Waals surface area contributed by atoms with Gasteiger partial charge >= 0.3 is 0 Å². The summed E-state index contributed by atoms with van der Waals surface area (Å²) in [6.45, 7) is 3.86. The lowest BCUT2D eigenvalue weighted by molar-refractivity contribution is 0.103. The molecule has 0 radical (unpaired) electrons. The summed E-state index contributed by atoms with van der Waals surface area (Å²) in [6.07, 6.45) is 1.72. The molecule has 0 aliphatic carbocycles. The van der Waals surface area contributed by atoms with Crippen molar-refractivity contribution < 1.29 is 4.79 Å².